The molecule has 0 spiro atoms. The molecule has 0 bridgehead atoms. The summed E-state index contributed by atoms with van der Waals surface area (Å²) in [5, 5.41) is 10.9. The molecule has 282 valence electrons. The highest BCUT2D eigenvalue weighted by Crippen LogP contribution is 2.22. The molecule has 1 aromatic carbocycles. The predicted octanol–water partition coefficient (Wildman–Crippen LogP) is 4.46. The number of rotatable bonds is 21. The van der Waals surface area contributed by atoms with Gasteiger partial charge >= 0.3 is 18.1 Å². The van der Waals surface area contributed by atoms with Gasteiger partial charge in [0.05, 0.1) is 12.5 Å². The van der Waals surface area contributed by atoms with Gasteiger partial charge in [-0.05, 0) is 54.7 Å². The van der Waals surface area contributed by atoms with Crippen molar-refractivity contribution >= 4 is 41.5 Å². The van der Waals surface area contributed by atoms with Crippen molar-refractivity contribution in [3.05, 3.63) is 29.8 Å². The number of primary amides is 1. The van der Waals surface area contributed by atoms with E-state index >= 15 is 0 Å². The zero-order valence-electron chi connectivity index (χ0n) is 31.2. The summed E-state index contributed by atoms with van der Waals surface area (Å²) in [7, 11) is 1.54. The standard InChI is InChI=1S/C36H60N6O8/c1-24(2)30(41-29(43)14-10-9-11-19-36(5,6)7)32(45)40-28(13-12-20-38-34(37)47)31(44)39-27-17-15-26(16-18-27)23-50-35(48)42(8)21-22-49-33(46)25(3)4/h15-18,24-25,28,30H,9-14,19-23H2,1-8H3,(H,39,44)(H,40,45)(H,41,43)(H3,37,38,47)/t28-,30-/m0/s1. The van der Waals surface area contributed by atoms with Crippen LogP contribution < -0.4 is 27.0 Å². The summed E-state index contributed by atoms with van der Waals surface area (Å²) in [6.07, 6.45) is 4.02. The molecule has 14 heteroatoms. The van der Waals surface area contributed by atoms with Crippen molar-refractivity contribution in [2.75, 3.05) is 32.1 Å². The van der Waals surface area contributed by atoms with E-state index in [9.17, 15) is 28.8 Å². The van der Waals surface area contributed by atoms with Gasteiger partial charge in [-0.2, -0.15) is 0 Å². The first-order chi connectivity index (χ1) is 23.4. The van der Waals surface area contributed by atoms with E-state index in [4.69, 9.17) is 15.2 Å². The minimum atomic E-state index is -0.969. The van der Waals surface area contributed by atoms with Crippen LogP contribution in [0.4, 0.5) is 15.3 Å². The topological polar surface area (TPSA) is 198 Å². The summed E-state index contributed by atoms with van der Waals surface area (Å²) in [5.41, 5.74) is 6.52. The zero-order valence-corrected chi connectivity index (χ0v) is 31.2. The van der Waals surface area contributed by atoms with Crippen molar-refractivity contribution in [2.24, 2.45) is 23.0 Å². The summed E-state index contributed by atoms with van der Waals surface area (Å²) in [6, 6.07) is 4.15. The maximum atomic E-state index is 13.4. The van der Waals surface area contributed by atoms with Crippen molar-refractivity contribution in [1.29, 1.82) is 0 Å². The van der Waals surface area contributed by atoms with Crippen LogP contribution in [0, 0.1) is 17.3 Å². The summed E-state index contributed by atoms with van der Waals surface area (Å²) >= 11 is 0. The maximum Gasteiger partial charge on any atom is 0.409 e. The fourth-order valence-corrected chi connectivity index (χ4v) is 4.66. The Kier molecular flexibility index (Phi) is 19.5. The van der Waals surface area contributed by atoms with Gasteiger partial charge in [0, 0.05) is 25.7 Å². The third-order valence-corrected chi connectivity index (χ3v) is 7.74. The lowest BCUT2D eigenvalue weighted by Crippen LogP contribution is -2.54. The molecule has 1 aromatic rings. The number of hydrogen-bond acceptors (Lipinski definition) is 8. The lowest BCUT2D eigenvalue weighted by atomic mass is 9.89. The van der Waals surface area contributed by atoms with Crippen LogP contribution in [0.2, 0.25) is 0 Å². The Balaban J connectivity index is 2.79. The van der Waals surface area contributed by atoms with Crippen LogP contribution >= 0.6 is 0 Å². The number of hydrogen-bond donors (Lipinski definition) is 5. The monoisotopic (exact) mass is 704 g/mol. The number of unbranched alkanes of at least 4 members (excludes halogenated alkanes) is 2. The van der Waals surface area contributed by atoms with Crippen molar-refractivity contribution in [3.63, 3.8) is 0 Å². The Morgan fingerprint density at radius 2 is 1.52 bits per heavy atom. The highest BCUT2D eigenvalue weighted by molar-refractivity contribution is 5.98. The van der Waals surface area contributed by atoms with Crippen LogP contribution in [-0.2, 0) is 35.3 Å². The second kappa shape index (κ2) is 22.4. The Morgan fingerprint density at radius 1 is 0.860 bits per heavy atom. The molecule has 2 atom stereocenters. The molecule has 0 aromatic heterocycles. The van der Waals surface area contributed by atoms with Gasteiger partial charge in [-0.15, -0.1) is 0 Å². The molecular weight excluding hydrogens is 644 g/mol. The highest BCUT2D eigenvalue weighted by atomic mass is 16.6. The molecular formula is C36H60N6O8. The second-order valence-corrected chi connectivity index (χ2v) is 14.4. The van der Waals surface area contributed by atoms with Gasteiger partial charge in [0.1, 0.15) is 25.3 Å². The van der Waals surface area contributed by atoms with Gasteiger partial charge in [-0.3, -0.25) is 19.2 Å². The number of benzene rings is 1. The van der Waals surface area contributed by atoms with Crippen LogP contribution in [0.5, 0.6) is 0 Å². The van der Waals surface area contributed by atoms with Gasteiger partial charge in [0.2, 0.25) is 17.7 Å². The molecule has 6 N–H and O–H groups in total. The Morgan fingerprint density at radius 3 is 2.10 bits per heavy atom. The van der Waals surface area contributed by atoms with Crippen LogP contribution in [0.15, 0.2) is 24.3 Å². The molecule has 0 saturated heterocycles. The van der Waals surface area contributed by atoms with E-state index in [1.54, 1.807) is 38.1 Å². The number of carbonyl (C=O) groups excluding carboxylic acids is 6. The summed E-state index contributed by atoms with van der Waals surface area (Å²) in [6.45, 7) is 14.1. The SMILES string of the molecule is CC(C)C(=O)OCCN(C)C(=O)OCc1ccc(NC(=O)[C@H](CCCNC(N)=O)NC(=O)[C@@H](NC(=O)CCCCCC(C)(C)C)C(C)C)cc1. The Labute approximate surface area is 297 Å². The van der Waals surface area contributed by atoms with Crippen molar-refractivity contribution in [1.82, 2.24) is 20.9 Å². The second-order valence-electron chi connectivity index (χ2n) is 14.4. The Bertz CT molecular complexity index is 1250. The first kappa shape index (κ1) is 43.7. The molecule has 14 nitrogen and oxygen atoms in total. The van der Waals surface area contributed by atoms with Crippen molar-refractivity contribution in [2.45, 2.75) is 112 Å². The number of esters is 1. The molecule has 0 aliphatic carbocycles. The average Bonchev–Trinajstić information content (AvgIpc) is 3.03. The molecule has 0 aliphatic heterocycles. The number of carbonyl (C=O) groups is 6. The van der Waals surface area contributed by atoms with E-state index in [2.05, 4.69) is 42.0 Å². The number of likely N-dealkylation sites (N-methyl/N-ethyl adjacent to an activating group) is 1. The highest BCUT2D eigenvalue weighted by Gasteiger charge is 2.29. The van der Waals surface area contributed by atoms with E-state index in [1.165, 1.54) is 11.9 Å². The van der Waals surface area contributed by atoms with Crippen LogP contribution in [0.25, 0.3) is 0 Å². The van der Waals surface area contributed by atoms with E-state index < -0.39 is 36.0 Å². The average molecular weight is 705 g/mol. The fraction of sp³-hybridized carbons (Fsp3) is 0.667. The first-order valence-corrected chi connectivity index (χ1v) is 17.5. The first-order valence-electron chi connectivity index (χ1n) is 17.5. The molecule has 0 fully saturated rings. The number of amides is 6. The quantitative estimate of drug-likeness (QED) is 0.0913. The third-order valence-electron chi connectivity index (χ3n) is 7.74. The number of ether oxygens (including phenoxy) is 2. The maximum absolute atomic E-state index is 13.4. The molecule has 6 amide bonds. The van der Waals surface area contributed by atoms with Gasteiger partial charge in [0.15, 0.2) is 0 Å². The molecule has 0 saturated carbocycles. The van der Waals surface area contributed by atoms with Gasteiger partial charge in [-0.1, -0.05) is 73.4 Å². The largest absolute Gasteiger partial charge is 0.464 e. The molecule has 50 heavy (non-hydrogen) atoms. The number of nitrogens with one attached hydrogen (secondary N) is 4. The molecule has 0 unspecified atom stereocenters. The van der Waals surface area contributed by atoms with Crippen molar-refractivity contribution in [3.8, 4) is 0 Å². The van der Waals surface area contributed by atoms with Crippen molar-refractivity contribution < 1.29 is 38.2 Å². The lowest BCUT2D eigenvalue weighted by molar-refractivity contribution is -0.147. The minimum Gasteiger partial charge on any atom is -0.464 e. The van der Waals surface area contributed by atoms with Gasteiger partial charge in [0.25, 0.3) is 0 Å². The predicted molar refractivity (Wildman–Crippen MR) is 192 cm³/mol. The van der Waals surface area contributed by atoms with E-state index in [-0.39, 0.29) is 61.9 Å². The number of nitrogens with zero attached hydrogens (tertiary/aromatic N) is 1. The molecule has 0 aliphatic rings. The normalized spacial score (nSPS) is 12.4. The van der Waals surface area contributed by atoms with Crippen LogP contribution in [0.3, 0.4) is 0 Å². The van der Waals surface area contributed by atoms with Gasteiger partial charge < -0.3 is 41.4 Å². The third kappa shape index (κ3) is 19.0. The van der Waals surface area contributed by atoms with Gasteiger partial charge in [-0.25, -0.2) is 9.59 Å². The summed E-state index contributed by atoms with van der Waals surface area (Å²) in [5.74, 6) is -2.01. The molecule has 0 heterocycles. The van der Waals surface area contributed by atoms with E-state index in [0.717, 1.165) is 25.7 Å². The summed E-state index contributed by atoms with van der Waals surface area (Å²) in [4.78, 5) is 75.8. The van der Waals surface area contributed by atoms with E-state index in [0.29, 0.717) is 24.1 Å². The minimum absolute atomic E-state index is 0.0199. The summed E-state index contributed by atoms with van der Waals surface area (Å²) < 4.78 is 10.4. The molecule has 0 radical (unpaired) electrons. The number of urea groups is 1. The molecule has 1 rings (SSSR count). The number of anilines is 1. The van der Waals surface area contributed by atoms with Crippen LogP contribution in [-0.4, -0.2) is 79.5 Å². The zero-order chi connectivity index (χ0) is 37.9. The van der Waals surface area contributed by atoms with E-state index in [1.807, 2.05) is 13.8 Å². The lowest BCUT2D eigenvalue weighted by Gasteiger charge is -2.25. The fourth-order valence-electron chi connectivity index (χ4n) is 4.66. The van der Waals surface area contributed by atoms with Crippen LogP contribution in [0.1, 0.15) is 99.0 Å². The Hall–Kier alpha value is -4.36. The number of nitrogens with two attached hydrogens (primary N) is 1. The smallest absolute Gasteiger partial charge is 0.409 e.